The lowest BCUT2D eigenvalue weighted by molar-refractivity contribution is 0.153. The average molecular weight is 457 g/mol. The van der Waals surface area contributed by atoms with Crippen LogP contribution in [0.4, 0.5) is 0 Å². The number of aliphatic imine (C=N–C) groups is 1. The monoisotopic (exact) mass is 457 g/mol. The van der Waals surface area contributed by atoms with Crippen molar-refractivity contribution in [2.24, 2.45) is 4.99 Å². The van der Waals surface area contributed by atoms with E-state index >= 15 is 0 Å². The van der Waals surface area contributed by atoms with Crippen LogP contribution in [0, 0.1) is 0 Å². The van der Waals surface area contributed by atoms with Gasteiger partial charge in [0.1, 0.15) is 12.4 Å². The van der Waals surface area contributed by atoms with E-state index in [2.05, 4.69) is 28.3 Å². The van der Waals surface area contributed by atoms with Gasteiger partial charge in [-0.3, -0.25) is 4.99 Å². The first kappa shape index (κ1) is 21.5. The zero-order chi connectivity index (χ0) is 17.0. The fraction of sp³-hybridized carbons (Fsp3) is 0.421. The summed E-state index contributed by atoms with van der Waals surface area (Å²) in [6.07, 6.45) is 5.97. The summed E-state index contributed by atoms with van der Waals surface area (Å²) in [5, 5.41) is 6.68. The molecule has 0 amide bonds. The highest BCUT2D eigenvalue weighted by Crippen LogP contribution is 2.17. The van der Waals surface area contributed by atoms with Gasteiger partial charge in [0.25, 0.3) is 0 Å². The molecule has 25 heavy (non-hydrogen) atoms. The molecule has 1 heterocycles. The lowest BCUT2D eigenvalue weighted by atomic mass is 10.1. The third-order valence-corrected chi connectivity index (χ3v) is 3.80. The molecule has 2 rings (SSSR count). The molecule has 2 N–H and O–H groups in total. The number of hydrogen-bond donors (Lipinski definition) is 2. The normalized spacial score (nSPS) is 14.1. The molecule has 0 bridgehead atoms. The van der Waals surface area contributed by atoms with Crippen molar-refractivity contribution >= 4 is 29.9 Å². The molecule has 138 valence electrons. The van der Waals surface area contributed by atoms with Gasteiger partial charge >= 0.3 is 0 Å². The molecule has 1 aliphatic heterocycles. The highest BCUT2D eigenvalue weighted by Gasteiger charge is 2.06. The number of hydrogen-bond acceptors (Lipinski definition) is 3. The molecular weight excluding hydrogens is 429 g/mol. The van der Waals surface area contributed by atoms with Crippen LogP contribution in [0.25, 0.3) is 0 Å². The van der Waals surface area contributed by atoms with E-state index in [0.717, 1.165) is 49.9 Å². The number of guanidine groups is 1. The van der Waals surface area contributed by atoms with Crippen molar-refractivity contribution in [3.05, 3.63) is 54.1 Å². The molecule has 1 aromatic carbocycles. The van der Waals surface area contributed by atoms with Crippen molar-refractivity contribution in [2.75, 3.05) is 33.4 Å². The van der Waals surface area contributed by atoms with E-state index in [1.54, 1.807) is 13.1 Å². The molecule has 6 heteroatoms. The van der Waals surface area contributed by atoms with Gasteiger partial charge in [0.05, 0.1) is 13.2 Å². The number of rotatable bonds is 8. The predicted molar refractivity (Wildman–Crippen MR) is 114 cm³/mol. The smallest absolute Gasteiger partial charge is 0.191 e. The summed E-state index contributed by atoms with van der Waals surface area (Å²) in [7, 11) is 1.78. The topological polar surface area (TPSA) is 54.9 Å². The Bertz CT molecular complexity index is 588. The van der Waals surface area contributed by atoms with Crippen molar-refractivity contribution in [1.82, 2.24) is 10.6 Å². The van der Waals surface area contributed by atoms with E-state index in [1.807, 2.05) is 24.3 Å². The maximum atomic E-state index is 5.68. The SMILES string of the molecule is C=CCOc1ccccc1CNC(=NC)NCCC1=CCOCC1.I. The Balaban J connectivity index is 0.00000312. The van der Waals surface area contributed by atoms with Crippen LogP contribution in [0.1, 0.15) is 18.4 Å². The van der Waals surface area contributed by atoms with Gasteiger partial charge in [-0.05, 0) is 18.9 Å². The minimum absolute atomic E-state index is 0. The van der Waals surface area contributed by atoms with E-state index in [9.17, 15) is 0 Å². The second kappa shape index (κ2) is 12.8. The van der Waals surface area contributed by atoms with E-state index in [-0.39, 0.29) is 24.0 Å². The quantitative estimate of drug-likeness (QED) is 0.272. The molecule has 1 aliphatic rings. The largest absolute Gasteiger partial charge is 0.489 e. The van der Waals surface area contributed by atoms with E-state index in [1.165, 1.54) is 5.57 Å². The van der Waals surface area contributed by atoms with Crippen LogP contribution in [0.2, 0.25) is 0 Å². The molecule has 0 saturated heterocycles. The van der Waals surface area contributed by atoms with Crippen molar-refractivity contribution in [1.29, 1.82) is 0 Å². The Hall–Kier alpha value is -1.54. The van der Waals surface area contributed by atoms with Crippen LogP contribution < -0.4 is 15.4 Å². The molecule has 0 fully saturated rings. The Morgan fingerprint density at radius 3 is 2.92 bits per heavy atom. The fourth-order valence-corrected chi connectivity index (χ4v) is 2.47. The molecule has 5 nitrogen and oxygen atoms in total. The highest BCUT2D eigenvalue weighted by molar-refractivity contribution is 14.0. The average Bonchev–Trinajstić information content (AvgIpc) is 2.64. The second-order valence-corrected chi connectivity index (χ2v) is 5.50. The van der Waals surface area contributed by atoms with Crippen molar-refractivity contribution in [3.63, 3.8) is 0 Å². The zero-order valence-electron chi connectivity index (χ0n) is 14.8. The van der Waals surface area contributed by atoms with Crippen LogP contribution in [-0.4, -0.2) is 39.4 Å². The standard InChI is InChI=1S/C19H27N3O2.HI/c1-3-12-24-18-7-5-4-6-17(18)15-22-19(20-2)21-11-8-16-9-13-23-14-10-16;/h3-7,9H,1,8,10-15H2,2H3,(H2,20,21,22);1H. The van der Waals surface area contributed by atoms with Gasteiger partial charge in [0.2, 0.25) is 0 Å². The lowest BCUT2D eigenvalue weighted by Crippen LogP contribution is -2.37. The molecule has 1 aromatic rings. The number of para-hydroxylation sites is 1. The fourth-order valence-electron chi connectivity index (χ4n) is 2.47. The lowest BCUT2D eigenvalue weighted by Gasteiger charge is -2.16. The van der Waals surface area contributed by atoms with Gasteiger partial charge in [-0.1, -0.05) is 42.5 Å². The summed E-state index contributed by atoms with van der Waals surface area (Å²) in [6.45, 7) is 7.28. The molecule has 0 atom stereocenters. The molecule has 0 unspecified atom stereocenters. The molecule has 0 radical (unpaired) electrons. The maximum absolute atomic E-state index is 5.68. The van der Waals surface area contributed by atoms with Gasteiger partial charge in [0.15, 0.2) is 5.96 Å². The van der Waals surface area contributed by atoms with E-state index in [0.29, 0.717) is 13.2 Å². The first-order valence-corrected chi connectivity index (χ1v) is 8.35. The first-order valence-electron chi connectivity index (χ1n) is 8.35. The van der Waals surface area contributed by atoms with Gasteiger partial charge in [-0.15, -0.1) is 24.0 Å². The number of benzene rings is 1. The third kappa shape index (κ3) is 7.92. The number of halogens is 1. The van der Waals surface area contributed by atoms with Crippen LogP contribution in [0.5, 0.6) is 5.75 Å². The second-order valence-electron chi connectivity index (χ2n) is 5.50. The van der Waals surface area contributed by atoms with Crippen LogP contribution in [0.3, 0.4) is 0 Å². The summed E-state index contributed by atoms with van der Waals surface area (Å²) >= 11 is 0. The third-order valence-electron chi connectivity index (χ3n) is 3.80. The molecule has 0 aromatic heterocycles. The molecule has 0 spiro atoms. The Kier molecular flexibility index (Phi) is 11.0. The number of ether oxygens (including phenoxy) is 2. The Morgan fingerprint density at radius 1 is 1.36 bits per heavy atom. The van der Waals surface area contributed by atoms with Crippen LogP contribution in [0.15, 0.2) is 53.6 Å². The summed E-state index contributed by atoms with van der Waals surface area (Å²) in [4.78, 5) is 4.27. The van der Waals surface area contributed by atoms with Gasteiger partial charge in [-0.25, -0.2) is 0 Å². The minimum atomic E-state index is 0. The van der Waals surface area contributed by atoms with Crippen molar-refractivity contribution in [3.8, 4) is 5.75 Å². The maximum Gasteiger partial charge on any atom is 0.191 e. The van der Waals surface area contributed by atoms with Gasteiger partial charge in [-0.2, -0.15) is 0 Å². The van der Waals surface area contributed by atoms with Gasteiger partial charge < -0.3 is 20.1 Å². The van der Waals surface area contributed by atoms with E-state index in [4.69, 9.17) is 9.47 Å². The first-order chi connectivity index (χ1) is 11.8. The number of nitrogens with zero attached hydrogens (tertiary/aromatic N) is 1. The molecule has 0 aliphatic carbocycles. The summed E-state index contributed by atoms with van der Waals surface area (Å²) in [6, 6.07) is 7.99. The Labute approximate surface area is 167 Å². The zero-order valence-corrected chi connectivity index (χ0v) is 17.1. The van der Waals surface area contributed by atoms with Crippen molar-refractivity contribution < 1.29 is 9.47 Å². The van der Waals surface area contributed by atoms with Crippen LogP contribution in [-0.2, 0) is 11.3 Å². The van der Waals surface area contributed by atoms with E-state index < -0.39 is 0 Å². The van der Waals surface area contributed by atoms with Crippen molar-refractivity contribution in [2.45, 2.75) is 19.4 Å². The predicted octanol–water partition coefficient (Wildman–Crippen LogP) is 3.27. The summed E-state index contributed by atoms with van der Waals surface area (Å²) in [5.41, 5.74) is 2.54. The highest BCUT2D eigenvalue weighted by atomic mass is 127. The van der Waals surface area contributed by atoms with Crippen LogP contribution >= 0.6 is 24.0 Å². The molecule has 0 saturated carbocycles. The number of nitrogens with one attached hydrogen (secondary N) is 2. The van der Waals surface area contributed by atoms with Gasteiger partial charge in [0, 0.05) is 25.7 Å². The Morgan fingerprint density at radius 2 is 2.20 bits per heavy atom. The molecular formula is C19H28IN3O2. The summed E-state index contributed by atoms with van der Waals surface area (Å²) < 4.78 is 11.0. The summed E-state index contributed by atoms with van der Waals surface area (Å²) in [5.74, 6) is 1.66. The minimum Gasteiger partial charge on any atom is -0.489 e.